The molecule has 0 aliphatic carbocycles. The summed E-state index contributed by atoms with van der Waals surface area (Å²) in [6.45, 7) is 3.32. The second-order valence-electron chi connectivity index (χ2n) is 11.9. The summed E-state index contributed by atoms with van der Waals surface area (Å²) in [5, 5.41) is 6.57. The van der Waals surface area contributed by atoms with Gasteiger partial charge in [-0.1, -0.05) is 146 Å². The fraction of sp³-hybridized carbons (Fsp3) is 0.0952. The Balaban J connectivity index is 1.49. The van der Waals surface area contributed by atoms with E-state index in [1.165, 1.54) is 60.5 Å². The summed E-state index contributed by atoms with van der Waals surface area (Å²) in [6.07, 6.45) is 0.413. The summed E-state index contributed by atoms with van der Waals surface area (Å²) >= 11 is 0. The van der Waals surface area contributed by atoms with E-state index < -0.39 is 7.14 Å². The van der Waals surface area contributed by atoms with Crippen molar-refractivity contribution in [1.82, 2.24) is 0 Å². The number of ether oxygens (including phenoxy) is 1. The predicted molar refractivity (Wildman–Crippen MR) is 189 cm³/mol. The molecule has 8 rings (SSSR count). The van der Waals surface area contributed by atoms with E-state index in [1.807, 2.05) is 60.7 Å². The van der Waals surface area contributed by atoms with Gasteiger partial charge in [-0.05, 0) is 73.0 Å². The van der Waals surface area contributed by atoms with Gasteiger partial charge in [-0.3, -0.25) is 0 Å². The lowest BCUT2D eigenvalue weighted by molar-refractivity contribution is 0.135. The fourth-order valence-electron chi connectivity index (χ4n) is 7.29. The number of fused-ring (bicyclic) bond motifs is 3. The minimum absolute atomic E-state index is 0.413. The molecule has 0 fully saturated rings. The molecule has 1 aliphatic rings. The van der Waals surface area contributed by atoms with Gasteiger partial charge in [0.25, 0.3) is 0 Å². The van der Waals surface area contributed by atoms with E-state index >= 15 is 4.57 Å². The maximum Gasteiger partial charge on any atom is 0.147 e. The molecule has 0 saturated heterocycles. The van der Waals surface area contributed by atoms with Gasteiger partial charge in [-0.15, -0.1) is 0 Å². The second-order valence-corrected chi connectivity index (χ2v) is 14.8. The van der Waals surface area contributed by atoms with Gasteiger partial charge in [-0.2, -0.15) is 0 Å². The molecule has 0 bridgehead atoms. The minimum Gasteiger partial charge on any atom is -0.372 e. The predicted octanol–water partition coefficient (Wildman–Crippen LogP) is 10.2. The number of benzene rings is 7. The van der Waals surface area contributed by atoms with Gasteiger partial charge in [0, 0.05) is 16.8 Å². The van der Waals surface area contributed by atoms with Crippen molar-refractivity contribution in [1.29, 1.82) is 0 Å². The van der Waals surface area contributed by atoms with E-state index in [1.54, 1.807) is 0 Å². The Morgan fingerprint density at radius 1 is 0.533 bits per heavy atom. The van der Waals surface area contributed by atoms with Crippen molar-refractivity contribution in [3.8, 4) is 22.3 Å². The lowest BCUT2D eigenvalue weighted by Crippen LogP contribution is -2.18. The summed E-state index contributed by atoms with van der Waals surface area (Å²) in [7, 11) is -3.11. The van der Waals surface area contributed by atoms with Gasteiger partial charge in [0.1, 0.15) is 7.14 Å². The van der Waals surface area contributed by atoms with Crippen molar-refractivity contribution in [3.63, 3.8) is 0 Å². The van der Waals surface area contributed by atoms with Crippen LogP contribution >= 0.6 is 7.14 Å². The first-order chi connectivity index (χ1) is 22.1. The van der Waals surface area contributed by atoms with Crippen LogP contribution in [0.5, 0.6) is 0 Å². The Hall–Kier alpha value is -4.75. The minimum atomic E-state index is -3.11. The third-order valence-electron chi connectivity index (χ3n) is 9.44. The zero-order chi connectivity index (χ0) is 30.4. The van der Waals surface area contributed by atoms with E-state index in [2.05, 4.69) is 91.9 Å². The van der Waals surface area contributed by atoms with E-state index in [0.717, 1.165) is 16.2 Å². The van der Waals surface area contributed by atoms with Crippen LogP contribution in [0.25, 0.3) is 43.8 Å². The van der Waals surface area contributed by atoms with Crippen LogP contribution in [-0.4, -0.2) is 0 Å². The maximum absolute atomic E-state index is 15.7. The molecule has 45 heavy (non-hydrogen) atoms. The zero-order valence-corrected chi connectivity index (χ0v) is 26.1. The van der Waals surface area contributed by atoms with Gasteiger partial charge in [-0.25, -0.2) is 0 Å². The van der Waals surface area contributed by atoms with Crippen LogP contribution in [-0.2, 0) is 28.7 Å². The molecule has 0 spiro atoms. The van der Waals surface area contributed by atoms with Gasteiger partial charge in [0.05, 0.1) is 13.2 Å². The third-order valence-corrected chi connectivity index (χ3v) is 12.5. The van der Waals surface area contributed by atoms with Crippen LogP contribution in [0.1, 0.15) is 22.3 Å². The van der Waals surface area contributed by atoms with E-state index in [4.69, 9.17) is 4.74 Å². The first-order valence-corrected chi connectivity index (χ1v) is 17.4. The topological polar surface area (TPSA) is 26.3 Å². The van der Waals surface area contributed by atoms with E-state index in [9.17, 15) is 0 Å². The molecule has 0 atom stereocenters. The summed E-state index contributed by atoms with van der Waals surface area (Å²) < 4.78 is 22.0. The van der Waals surface area contributed by atoms with Crippen LogP contribution in [0.4, 0.5) is 0 Å². The van der Waals surface area contributed by atoms with Gasteiger partial charge in [0.15, 0.2) is 0 Å². The highest BCUT2D eigenvalue weighted by Gasteiger charge is 2.34. The number of rotatable bonds is 6. The largest absolute Gasteiger partial charge is 0.372 e. The summed E-state index contributed by atoms with van der Waals surface area (Å²) in [5.74, 6) is 0. The average Bonchev–Trinajstić information content (AvgIpc) is 3.58. The molecule has 3 heteroatoms. The van der Waals surface area contributed by atoms with Gasteiger partial charge in [0.2, 0.25) is 0 Å². The van der Waals surface area contributed by atoms with Crippen molar-refractivity contribution < 1.29 is 9.30 Å². The maximum atomic E-state index is 15.7. The Bertz CT molecular complexity index is 2200. The normalized spacial score (nSPS) is 12.9. The van der Waals surface area contributed by atoms with Crippen LogP contribution in [0.3, 0.4) is 0 Å². The monoisotopic (exact) mass is 600 g/mol. The van der Waals surface area contributed by atoms with E-state index in [-0.39, 0.29) is 0 Å². The molecule has 0 saturated carbocycles. The van der Waals surface area contributed by atoms with Gasteiger partial charge >= 0.3 is 0 Å². The van der Waals surface area contributed by atoms with E-state index in [0.29, 0.717) is 19.4 Å². The lowest BCUT2D eigenvalue weighted by Gasteiger charge is -2.27. The van der Waals surface area contributed by atoms with Crippen molar-refractivity contribution >= 4 is 39.3 Å². The van der Waals surface area contributed by atoms with Crippen molar-refractivity contribution in [2.24, 2.45) is 0 Å². The molecule has 2 nitrogen and oxygen atoms in total. The highest BCUT2D eigenvalue weighted by molar-refractivity contribution is 7.78. The molecule has 0 aromatic heterocycles. The Kier molecular flexibility index (Phi) is 6.98. The quantitative estimate of drug-likeness (QED) is 0.178. The summed E-state index contributed by atoms with van der Waals surface area (Å²) in [4.78, 5) is 0. The molecular formula is C42H33O2P. The molecule has 7 aromatic carbocycles. The molecular weight excluding hydrogens is 567 g/mol. The highest BCUT2D eigenvalue weighted by Crippen LogP contribution is 2.53. The van der Waals surface area contributed by atoms with Crippen LogP contribution in [0.2, 0.25) is 0 Å². The van der Waals surface area contributed by atoms with Gasteiger partial charge < -0.3 is 9.30 Å². The number of hydrogen-bond acceptors (Lipinski definition) is 2. The SMILES string of the molecule is Cc1c(CP(=O)(c2ccccc2)c2ccccc2)c(-c2cccc3ccccc23)c2c(c1-c1cccc3ccccc13)COC2. The molecule has 7 aromatic rings. The first kappa shape index (κ1) is 27.8. The van der Waals surface area contributed by atoms with Crippen LogP contribution in [0, 0.1) is 6.92 Å². The van der Waals surface area contributed by atoms with Crippen LogP contribution < -0.4 is 10.6 Å². The lowest BCUT2D eigenvalue weighted by atomic mass is 9.81. The van der Waals surface area contributed by atoms with Crippen LogP contribution in [0.15, 0.2) is 146 Å². The molecule has 0 radical (unpaired) electrons. The highest BCUT2D eigenvalue weighted by atomic mass is 31.2. The Morgan fingerprint density at radius 3 is 1.53 bits per heavy atom. The second kappa shape index (κ2) is 11.3. The summed E-state index contributed by atoms with van der Waals surface area (Å²) in [5.41, 5.74) is 9.52. The fourth-order valence-corrected chi connectivity index (χ4v) is 10.1. The smallest absolute Gasteiger partial charge is 0.147 e. The first-order valence-electron chi connectivity index (χ1n) is 15.5. The molecule has 218 valence electrons. The summed E-state index contributed by atoms with van der Waals surface area (Å²) in [6, 6.07) is 50.4. The van der Waals surface area contributed by atoms with Crippen molar-refractivity contribution in [3.05, 3.63) is 168 Å². The molecule has 0 amide bonds. The molecule has 0 N–H and O–H groups in total. The third kappa shape index (κ3) is 4.65. The standard InChI is InChI=1S/C42H33O2P/c1-29-40(28-45(43,32-18-4-2-5-19-32)33-20-6-3-7-21-33)42(37-25-13-17-31-15-9-11-23-35(31)37)39-27-44-26-38(39)41(29)36-24-12-16-30-14-8-10-22-34(30)36/h2-25H,26-28H2,1H3. The molecule has 0 unspecified atom stereocenters. The van der Waals surface area contributed by atoms with Crippen molar-refractivity contribution in [2.45, 2.75) is 26.3 Å². The zero-order valence-electron chi connectivity index (χ0n) is 25.2. The van der Waals surface area contributed by atoms with Crippen molar-refractivity contribution in [2.75, 3.05) is 0 Å². The molecule has 1 aliphatic heterocycles. The molecule has 1 heterocycles. The average molecular weight is 601 g/mol. The Labute approximate surface area is 264 Å². The number of hydrogen-bond donors (Lipinski definition) is 0. The Morgan fingerprint density at radius 2 is 0.978 bits per heavy atom.